The van der Waals surface area contributed by atoms with Crippen LogP contribution < -0.4 is 10.5 Å². The van der Waals surface area contributed by atoms with Crippen molar-refractivity contribution in [3.63, 3.8) is 0 Å². The second-order valence-corrected chi connectivity index (χ2v) is 6.27. The summed E-state index contributed by atoms with van der Waals surface area (Å²) in [5.41, 5.74) is 8.50. The standard InChI is InChI=1S/C18H23NO2/c1-18(2,3)14-6-10-16(11-7-14)21-12-17(20)13-4-8-15(19)9-5-13/h4-11,17,20H,12,19H2,1-3H3. The number of anilines is 1. The van der Waals surface area contributed by atoms with Crippen molar-refractivity contribution in [3.05, 3.63) is 59.7 Å². The van der Waals surface area contributed by atoms with Gasteiger partial charge >= 0.3 is 0 Å². The van der Waals surface area contributed by atoms with E-state index in [9.17, 15) is 5.11 Å². The van der Waals surface area contributed by atoms with Crippen LogP contribution in [0, 0.1) is 0 Å². The maximum atomic E-state index is 10.1. The van der Waals surface area contributed by atoms with Gasteiger partial charge in [-0.3, -0.25) is 0 Å². The predicted molar refractivity (Wildman–Crippen MR) is 86.5 cm³/mol. The van der Waals surface area contributed by atoms with E-state index >= 15 is 0 Å². The minimum absolute atomic E-state index is 0.127. The van der Waals surface area contributed by atoms with Crippen LogP contribution in [0.25, 0.3) is 0 Å². The van der Waals surface area contributed by atoms with Gasteiger partial charge in [0.1, 0.15) is 18.5 Å². The van der Waals surface area contributed by atoms with Gasteiger partial charge in [-0.25, -0.2) is 0 Å². The fourth-order valence-electron chi connectivity index (χ4n) is 2.04. The Morgan fingerprint density at radius 2 is 1.57 bits per heavy atom. The van der Waals surface area contributed by atoms with E-state index in [0.29, 0.717) is 5.69 Å². The Morgan fingerprint density at radius 1 is 1.00 bits per heavy atom. The molecule has 1 unspecified atom stereocenters. The number of hydrogen-bond acceptors (Lipinski definition) is 3. The summed E-state index contributed by atoms with van der Waals surface area (Å²) in [6.45, 7) is 6.74. The Morgan fingerprint density at radius 3 is 2.10 bits per heavy atom. The Hall–Kier alpha value is -2.00. The molecule has 1 atom stereocenters. The minimum atomic E-state index is -0.659. The molecule has 0 aliphatic rings. The predicted octanol–water partition coefficient (Wildman–Crippen LogP) is 3.68. The molecule has 0 heterocycles. The topological polar surface area (TPSA) is 55.5 Å². The van der Waals surface area contributed by atoms with Gasteiger partial charge in [-0.1, -0.05) is 45.0 Å². The Kier molecular flexibility index (Phi) is 4.53. The molecule has 21 heavy (non-hydrogen) atoms. The largest absolute Gasteiger partial charge is 0.491 e. The molecule has 3 N–H and O–H groups in total. The SMILES string of the molecule is CC(C)(C)c1ccc(OCC(O)c2ccc(N)cc2)cc1. The molecule has 2 rings (SSSR count). The average molecular weight is 285 g/mol. The molecule has 0 saturated heterocycles. The Labute approximate surface area is 126 Å². The van der Waals surface area contributed by atoms with Crippen LogP contribution in [0.15, 0.2) is 48.5 Å². The molecule has 3 heteroatoms. The van der Waals surface area contributed by atoms with Crippen molar-refractivity contribution in [2.24, 2.45) is 0 Å². The first kappa shape index (κ1) is 15.4. The van der Waals surface area contributed by atoms with Gasteiger partial charge in [0.15, 0.2) is 0 Å². The van der Waals surface area contributed by atoms with Gasteiger partial charge in [0, 0.05) is 5.69 Å². The van der Waals surface area contributed by atoms with E-state index in [0.717, 1.165) is 11.3 Å². The summed E-state index contributed by atoms with van der Waals surface area (Å²) in [6, 6.07) is 15.2. The summed E-state index contributed by atoms with van der Waals surface area (Å²) in [4.78, 5) is 0. The van der Waals surface area contributed by atoms with Crippen molar-refractivity contribution in [2.45, 2.75) is 32.3 Å². The van der Waals surface area contributed by atoms with E-state index in [1.54, 1.807) is 12.1 Å². The third-order valence-corrected chi connectivity index (χ3v) is 3.45. The van der Waals surface area contributed by atoms with Crippen LogP contribution in [0.5, 0.6) is 5.75 Å². The maximum absolute atomic E-state index is 10.1. The molecule has 2 aromatic rings. The highest BCUT2D eigenvalue weighted by molar-refractivity contribution is 5.40. The zero-order valence-electron chi connectivity index (χ0n) is 12.8. The third kappa shape index (κ3) is 4.23. The molecule has 112 valence electrons. The van der Waals surface area contributed by atoms with Crippen molar-refractivity contribution in [3.8, 4) is 5.75 Å². The van der Waals surface area contributed by atoms with Crippen LogP contribution in [0.3, 0.4) is 0 Å². The first-order chi connectivity index (χ1) is 9.86. The lowest BCUT2D eigenvalue weighted by Gasteiger charge is -2.19. The smallest absolute Gasteiger partial charge is 0.119 e. The minimum Gasteiger partial charge on any atom is -0.491 e. The van der Waals surface area contributed by atoms with Crippen LogP contribution in [0.4, 0.5) is 5.69 Å². The summed E-state index contributed by atoms with van der Waals surface area (Å²) < 4.78 is 5.64. The molecule has 0 aliphatic heterocycles. The molecule has 0 aromatic heterocycles. The number of nitrogens with two attached hydrogens (primary N) is 1. The Balaban J connectivity index is 1.95. The normalized spacial score (nSPS) is 13.0. The fraction of sp³-hybridized carbons (Fsp3) is 0.333. The second kappa shape index (κ2) is 6.19. The fourth-order valence-corrected chi connectivity index (χ4v) is 2.04. The van der Waals surface area contributed by atoms with Gasteiger partial charge in [0.25, 0.3) is 0 Å². The molecule has 2 aromatic carbocycles. The highest BCUT2D eigenvalue weighted by atomic mass is 16.5. The number of aliphatic hydroxyl groups is 1. The summed E-state index contributed by atoms with van der Waals surface area (Å²) in [5, 5.41) is 10.1. The lowest BCUT2D eigenvalue weighted by molar-refractivity contribution is 0.108. The third-order valence-electron chi connectivity index (χ3n) is 3.45. The summed E-state index contributed by atoms with van der Waals surface area (Å²) in [7, 11) is 0. The molecule has 0 bridgehead atoms. The number of benzene rings is 2. The monoisotopic (exact) mass is 285 g/mol. The molecular formula is C18H23NO2. The van der Waals surface area contributed by atoms with Gasteiger partial charge in [0.2, 0.25) is 0 Å². The van der Waals surface area contributed by atoms with E-state index in [2.05, 4.69) is 32.9 Å². The average Bonchev–Trinajstić information content (AvgIpc) is 2.45. The highest BCUT2D eigenvalue weighted by Gasteiger charge is 2.13. The molecule has 0 spiro atoms. The zero-order chi connectivity index (χ0) is 15.5. The van der Waals surface area contributed by atoms with Crippen LogP contribution in [0.1, 0.15) is 38.0 Å². The van der Waals surface area contributed by atoms with Crippen molar-refractivity contribution >= 4 is 5.69 Å². The second-order valence-electron chi connectivity index (χ2n) is 6.27. The zero-order valence-corrected chi connectivity index (χ0v) is 12.8. The number of hydrogen-bond donors (Lipinski definition) is 2. The molecule has 3 nitrogen and oxygen atoms in total. The molecule has 0 radical (unpaired) electrons. The first-order valence-electron chi connectivity index (χ1n) is 7.13. The van der Waals surface area contributed by atoms with Gasteiger partial charge in [-0.2, -0.15) is 0 Å². The quantitative estimate of drug-likeness (QED) is 0.843. The highest BCUT2D eigenvalue weighted by Crippen LogP contribution is 2.25. The van der Waals surface area contributed by atoms with Gasteiger partial charge in [-0.15, -0.1) is 0 Å². The Bertz CT molecular complexity index is 568. The van der Waals surface area contributed by atoms with Crippen molar-refractivity contribution in [2.75, 3.05) is 12.3 Å². The van der Waals surface area contributed by atoms with Crippen molar-refractivity contribution in [1.29, 1.82) is 0 Å². The first-order valence-corrected chi connectivity index (χ1v) is 7.13. The molecule has 0 aliphatic carbocycles. The van der Waals surface area contributed by atoms with E-state index in [-0.39, 0.29) is 12.0 Å². The number of rotatable bonds is 4. The van der Waals surface area contributed by atoms with E-state index in [4.69, 9.17) is 10.5 Å². The summed E-state index contributed by atoms with van der Waals surface area (Å²) in [5.74, 6) is 0.762. The van der Waals surface area contributed by atoms with Crippen molar-refractivity contribution < 1.29 is 9.84 Å². The van der Waals surface area contributed by atoms with Crippen molar-refractivity contribution in [1.82, 2.24) is 0 Å². The van der Waals surface area contributed by atoms with E-state index in [1.165, 1.54) is 5.56 Å². The van der Waals surface area contributed by atoms with E-state index < -0.39 is 6.10 Å². The van der Waals surface area contributed by atoms with Crippen LogP contribution in [-0.2, 0) is 5.41 Å². The maximum Gasteiger partial charge on any atom is 0.119 e. The molecule has 0 saturated carbocycles. The van der Waals surface area contributed by atoms with E-state index in [1.807, 2.05) is 24.3 Å². The number of ether oxygens (including phenoxy) is 1. The van der Waals surface area contributed by atoms with Crippen LogP contribution in [0.2, 0.25) is 0 Å². The number of nitrogen functional groups attached to an aromatic ring is 1. The molecule has 0 amide bonds. The van der Waals surface area contributed by atoms with Crippen LogP contribution >= 0.6 is 0 Å². The lowest BCUT2D eigenvalue weighted by Crippen LogP contribution is -2.12. The van der Waals surface area contributed by atoms with Crippen LogP contribution in [-0.4, -0.2) is 11.7 Å². The lowest BCUT2D eigenvalue weighted by atomic mass is 9.87. The summed E-state index contributed by atoms with van der Waals surface area (Å²) in [6.07, 6.45) is -0.659. The van der Waals surface area contributed by atoms with Gasteiger partial charge < -0.3 is 15.6 Å². The van der Waals surface area contributed by atoms with Gasteiger partial charge in [-0.05, 0) is 40.8 Å². The number of aliphatic hydroxyl groups excluding tert-OH is 1. The summed E-state index contributed by atoms with van der Waals surface area (Å²) >= 11 is 0. The molecule has 0 fully saturated rings. The van der Waals surface area contributed by atoms with Gasteiger partial charge in [0.05, 0.1) is 0 Å². The molecular weight excluding hydrogens is 262 g/mol.